The van der Waals surface area contributed by atoms with E-state index in [2.05, 4.69) is 10.2 Å². The number of amides is 3. The van der Waals surface area contributed by atoms with E-state index in [1.54, 1.807) is 19.0 Å². The molecular weight excluding hydrogens is 220 g/mol. The molecule has 6 nitrogen and oxygen atoms in total. The van der Waals surface area contributed by atoms with E-state index >= 15 is 0 Å². The van der Waals surface area contributed by atoms with Crippen molar-refractivity contribution in [3.05, 3.63) is 0 Å². The van der Waals surface area contributed by atoms with E-state index in [9.17, 15) is 9.59 Å². The molecule has 1 aliphatic rings. The monoisotopic (exact) mass is 242 g/mol. The molecule has 1 saturated heterocycles. The zero-order valence-electron chi connectivity index (χ0n) is 10.9. The molecule has 0 atom stereocenters. The SMILES string of the molecule is CCNC(=O)CN1CCN(C(=O)N(C)C)CC1. The van der Waals surface area contributed by atoms with Gasteiger partial charge in [0.25, 0.3) is 0 Å². The molecule has 0 unspecified atom stereocenters. The Hall–Kier alpha value is -1.30. The molecule has 0 aromatic carbocycles. The number of carbonyl (C=O) groups excluding carboxylic acids is 2. The van der Waals surface area contributed by atoms with Gasteiger partial charge in [-0.1, -0.05) is 0 Å². The molecule has 0 radical (unpaired) electrons. The van der Waals surface area contributed by atoms with Crippen LogP contribution in [0.3, 0.4) is 0 Å². The van der Waals surface area contributed by atoms with Gasteiger partial charge in [0, 0.05) is 46.8 Å². The molecule has 1 rings (SSSR count). The number of carbonyl (C=O) groups is 2. The summed E-state index contributed by atoms with van der Waals surface area (Å²) in [5.74, 6) is 0.0555. The fraction of sp³-hybridized carbons (Fsp3) is 0.818. The van der Waals surface area contributed by atoms with Crippen LogP contribution in [-0.2, 0) is 4.79 Å². The van der Waals surface area contributed by atoms with E-state index < -0.39 is 0 Å². The highest BCUT2D eigenvalue weighted by Gasteiger charge is 2.22. The van der Waals surface area contributed by atoms with E-state index in [0.29, 0.717) is 26.2 Å². The topological polar surface area (TPSA) is 55.9 Å². The standard InChI is InChI=1S/C11H22N4O2/c1-4-12-10(16)9-14-5-7-15(8-6-14)11(17)13(2)3/h4-9H2,1-3H3,(H,12,16). The van der Waals surface area contributed by atoms with Crippen LogP contribution in [-0.4, -0.2) is 80.0 Å². The van der Waals surface area contributed by atoms with Crippen LogP contribution in [0.4, 0.5) is 4.79 Å². The first-order valence-corrected chi connectivity index (χ1v) is 6.00. The maximum Gasteiger partial charge on any atom is 0.319 e. The van der Waals surface area contributed by atoms with Crippen LogP contribution in [0.2, 0.25) is 0 Å². The van der Waals surface area contributed by atoms with Gasteiger partial charge in [0.15, 0.2) is 0 Å². The molecule has 6 heteroatoms. The zero-order chi connectivity index (χ0) is 12.8. The van der Waals surface area contributed by atoms with Crippen LogP contribution >= 0.6 is 0 Å². The van der Waals surface area contributed by atoms with Crippen LogP contribution < -0.4 is 5.32 Å². The Bertz CT molecular complexity index is 273. The molecule has 17 heavy (non-hydrogen) atoms. The molecule has 1 heterocycles. The van der Waals surface area contributed by atoms with Crippen molar-refractivity contribution in [3.63, 3.8) is 0 Å². The van der Waals surface area contributed by atoms with E-state index in [0.717, 1.165) is 13.1 Å². The summed E-state index contributed by atoms with van der Waals surface area (Å²) in [5.41, 5.74) is 0. The Balaban J connectivity index is 2.31. The lowest BCUT2D eigenvalue weighted by atomic mass is 10.3. The van der Waals surface area contributed by atoms with Gasteiger partial charge in [0.05, 0.1) is 6.54 Å². The normalized spacial score (nSPS) is 16.8. The quantitative estimate of drug-likeness (QED) is 0.720. The predicted octanol–water partition coefficient (Wildman–Crippen LogP) is -0.578. The molecule has 98 valence electrons. The second-order valence-electron chi connectivity index (χ2n) is 4.39. The minimum absolute atomic E-state index is 0.0441. The summed E-state index contributed by atoms with van der Waals surface area (Å²) in [6, 6.07) is 0.0441. The number of rotatable bonds is 3. The van der Waals surface area contributed by atoms with Gasteiger partial charge in [0.1, 0.15) is 0 Å². The summed E-state index contributed by atoms with van der Waals surface area (Å²) in [7, 11) is 3.51. The Morgan fingerprint density at radius 1 is 1.18 bits per heavy atom. The number of urea groups is 1. The van der Waals surface area contributed by atoms with Crippen LogP contribution in [0.5, 0.6) is 0 Å². The Labute approximate surface area is 103 Å². The van der Waals surface area contributed by atoms with E-state index in [-0.39, 0.29) is 11.9 Å². The third-order valence-electron chi connectivity index (χ3n) is 2.77. The Morgan fingerprint density at radius 2 is 1.76 bits per heavy atom. The first-order chi connectivity index (χ1) is 8.04. The van der Waals surface area contributed by atoms with Crippen LogP contribution in [0.15, 0.2) is 0 Å². The van der Waals surface area contributed by atoms with Crippen molar-refractivity contribution in [1.29, 1.82) is 0 Å². The number of nitrogens with one attached hydrogen (secondary N) is 1. The predicted molar refractivity (Wildman–Crippen MR) is 65.8 cm³/mol. The van der Waals surface area contributed by atoms with Crippen molar-refractivity contribution >= 4 is 11.9 Å². The van der Waals surface area contributed by atoms with Crippen LogP contribution in [0, 0.1) is 0 Å². The van der Waals surface area contributed by atoms with Crippen LogP contribution in [0.1, 0.15) is 6.92 Å². The summed E-state index contributed by atoms with van der Waals surface area (Å²) in [5, 5.41) is 2.78. The Kier molecular flexibility index (Phi) is 5.21. The lowest BCUT2D eigenvalue weighted by Crippen LogP contribution is -2.53. The molecular formula is C11H22N4O2. The first kappa shape index (κ1) is 13.8. The Morgan fingerprint density at radius 3 is 2.24 bits per heavy atom. The summed E-state index contributed by atoms with van der Waals surface area (Å²) in [6.45, 7) is 5.90. The van der Waals surface area contributed by atoms with Crippen molar-refractivity contribution in [1.82, 2.24) is 20.0 Å². The fourth-order valence-corrected chi connectivity index (χ4v) is 1.84. The highest BCUT2D eigenvalue weighted by atomic mass is 16.2. The van der Waals surface area contributed by atoms with Crippen molar-refractivity contribution in [2.24, 2.45) is 0 Å². The molecule has 3 amide bonds. The lowest BCUT2D eigenvalue weighted by molar-refractivity contribution is -0.122. The van der Waals surface area contributed by atoms with Crippen molar-refractivity contribution in [2.75, 3.05) is 53.4 Å². The molecule has 1 N–H and O–H groups in total. The van der Waals surface area contributed by atoms with E-state index in [1.165, 1.54) is 0 Å². The number of hydrogen-bond donors (Lipinski definition) is 1. The van der Waals surface area contributed by atoms with Gasteiger partial charge in [-0.2, -0.15) is 0 Å². The average Bonchev–Trinajstić information content (AvgIpc) is 2.29. The number of likely N-dealkylation sites (N-methyl/N-ethyl adjacent to an activating group) is 1. The summed E-state index contributed by atoms with van der Waals surface area (Å²) < 4.78 is 0. The second kappa shape index (κ2) is 6.44. The van der Waals surface area contributed by atoms with Gasteiger partial charge in [-0.05, 0) is 6.92 Å². The lowest BCUT2D eigenvalue weighted by Gasteiger charge is -2.35. The molecule has 0 spiro atoms. The smallest absolute Gasteiger partial charge is 0.319 e. The van der Waals surface area contributed by atoms with Crippen molar-refractivity contribution in [2.45, 2.75) is 6.92 Å². The maximum absolute atomic E-state index is 11.7. The minimum atomic E-state index is 0.0441. The van der Waals surface area contributed by atoms with Crippen molar-refractivity contribution < 1.29 is 9.59 Å². The van der Waals surface area contributed by atoms with E-state index in [4.69, 9.17) is 0 Å². The zero-order valence-corrected chi connectivity index (χ0v) is 10.9. The van der Waals surface area contributed by atoms with Crippen molar-refractivity contribution in [3.8, 4) is 0 Å². The number of nitrogens with zero attached hydrogens (tertiary/aromatic N) is 3. The van der Waals surface area contributed by atoms with E-state index in [1.807, 2.05) is 11.8 Å². The molecule has 0 aromatic heterocycles. The summed E-state index contributed by atoms with van der Waals surface area (Å²) in [6.07, 6.45) is 0. The average molecular weight is 242 g/mol. The van der Waals surface area contributed by atoms with Gasteiger partial charge in [0.2, 0.25) is 5.91 Å². The molecule has 0 aromatic rings. The molecule has 0 saturated carbocycles. The van der Waals surface area contributed by atoms with Gasteiger partial charge >= 0.3 is 6.03 Å². The molecule has 1 fully saturated rings. The second-order valence-corrected chi connectivity index (χ2v) is 4.39. The highest BCUT2D eigenvalue weighted by molar-refractivity contribution is 5.78. The first-order valence-electron chi connectivity index (χ1n) is 6.00. The molecule has 0 aliphatic carbocycles. The molecule has 0 bridgehead atoms. The molecule has 1 aliphatic heterocycles. The fourth-order valence-electron chi connectivity index (χ4n) is 1.84. The third kappa shape index (κ3) is 4.22. The van der Waals surface area contributed by atoms with Gasteiger partial charge in [-0.15, -0.1) is 0 Å². The summed E-state index contributed by atoms with van der Waals surface area (Å²) in [4.78, 5) is 28.5. The number of piperazine rings is 1. The maximum atomic E-state index is 11.7. The van der Waals surface area contributed by atoms with Gasteiger partial charge < -0.3 is 15.1 Å². The van der Waals surface area contributed by atoms with Gasteiger partial charge in [-0.3, -0.25) is 9.69 Å². The van der Waals surface area contributed by atoms with Crippen LogP contribution in [0.25, 0.3) is 0 Å². The highest BCUT2D eigenvalue weighted by Crippen LogP contribution is 2.03. The van der Waals surface area contributed by atoms with Gasteiger partial charge in [-0.25, -0.2) is 4.79 Å². The summed E-state index contributed by atoms with van der Waals surface area (Å²) >= 11 is 0. The third-order valence-corrected chi connectivity index (χ3v) is 2.77. The largest absolute Gasteiger partial charge is 0.355 e. The number of hydrogen-bond acceptors (Lipinski definition) is 3. The minimum Gasteiger partial charge on any atom is -0.355 e.